The highest BCUT2D eigenvalue weighted by molar-refractivity contribution is 9.09. The summed E-state index contributed by atoms with van der Waals surface area (Å²) in [6.45, 7) is 0.444. The fourth-order valence-electron chi connectivity index (χ4n) is 1.39. The molecule has 1 N–H and O–H groups in total. The van der Waals surface area contributed by atoms with Crippen molar-refractivity contribution in [2.24, 2.45) is 0 Å². The normalized spacial score (nSPS) is 10.1. The van der Waals surface area contributed by atoms with Crippen LogP contribution in [0.1, 0.15) is 15.4 Å². The minimum atomic E-state index is -0.134. The summed E-state index contributed by atoms with van der Waals surface area (Å²) in [5, 5.41) is 5.58. The first-order valence-electron chi connectivity index (χ1n) is 5.25. The first kappa shape index (κ1) is 13.0. The number of thiazole rings is 1. The second-order valence-electron chi connectivity index (χ2n) is 3.39. The van der Waals surface area contributed by atoms with E-state index in [4.69, 9.17) is 4.74 Å². The van der Waals surface area contributed by atoms with Gasteiger partial charge in [-0.15, -0.1) is 11.3 Å². The van der Waals surface area contributed by atoms with Gasteiger partial charge in [0.05, 0.1) is 6.54 Å². The van der Waals surface area contributed by atoms with Crippen molar-refractivity contribution in [3.63, 3.8) is 0 Å². The molecular weight excluding hydrogens is 316 g/mol. The van der Waals surface area contributed by atoms with E-state index in [1.54, 1.807) is 30.5 Å². The topological polar surface area (TPSA) is 51.2 Å². The van der Waals surface area contributed by atoms with Gasteiger partial charge in [-0.25, -0.2) is 4.98 Å². The first-order chi connectivity index (χ1) is 8.79. The zero-order chi connectivity index (χ0) is 12.8. The van der Waals surface area contributed by atoms with E-state index >= 15 is 0 Å². The molecule has 0 aliphatic rings. The predicted octanol–water partition coefficient (Wildman–Crippen LogP) is 2.80. The Bertz CT molecular complexity index is 517. The summed E-state index contributed by atoms with van der Waals surface area (Å²) < 4.78 is 5.27. The molecule has 0 spiro atoms. The van der Waals surface area contributed by atoms with Crippen LogP contribution in [0, 0.1) is 0 Å². The largest absolute Gasteiger partial charge is 0.482 e. The van der Waals surface area contributed by atoms with E-state index in [-0.39, 0.29) is 5.91 Å². The minimum Gasteiger partial charge on any atom is -0.482 e. The maximum absolute atomic E-state index is 11.9. The lowest BCUT2D eigenvalue weighted by molar-refractivity contribution is 0.0950. The molecule has 4 nitrogen and oxygen atoms in total. The van der Waals surface area contributed by atoms with E-state index in [1.165, 1.54) is 11.3 Å². The molecule has 0 bridgehead atoms. The fourth-order valence-corrected chi connectivity index (χ4v) is 2.21. The summed E-state index contributed by atoms with van der Waals surface area (Å²) >= 11 is 4.69. The summed E-state index contributed by atoms with van der Waals surface area (Å²) in [4.78, 5) is 16.0. The maximum atomic E-state index is 11.9. The van der Waals surface area contributed by atoms with Gasteiger partial charge in [-0.1, -0.05) is 6.07 Å². The average Bonchev–Trinajstić information content (AvgIpc) is 2.90. The highest BCUT2D eigenvalue weighted by atomic mass is 79.9. The Hall–Kier alpha value is -1.40. The number of benzene rings is 1. The minimum absolute atomic E-state index is 0.134. The monoisotopic (exact) mass is 326 g/mol. The van der Waals surface area contributed by atoms with E-state index in [9.17, 15) is 4.79 Å². The number of hydrogen-bond donors (Lipinski definition) is 1. The number of rotatable bonds is 5. The number of ether oxygens (including phenoxy) is 1. The molecule has 1 aromatic heterocycles. The lowest BCUT2D eigenvalue weighted by Crippen LogP contribution is -2.22. The van der Waals surface area contributed by atoms with Crippen molar-refractivity contribution in [1.29, 1.82) is 0 Å². The third-order valence-corrected chi connectivity index (χ3v) is 3.21. The van der Waals surface area contributed by atoms with Gasteiger partial charge in [0.2, 0.25) is 0 Å². The Morgan fingerprint density at radius 2 is 2.39 bits per heavy atom. The van der Waals surface area contributed by atoms with Crippen LogP contribution in [0.2, 0.25) is 0 Å². The molecular formula is C12H11BrN2O2S. The average molecular weight is 327 g/mol. The molecule has 2 rings (SSSR count). The van der Waals surface area contributed by atoms with Crippen LogP contribution in [0.3, 0.4) is 0 Å². The van der Waals surface area contributed by atoms with Crippen LogP contribution >= 0.6 is 27.3 Å². The molecule has 1 heterocycles. The molecule has 1 aromatic carbocycles. The van der Waals surface area contributed by atoms with Crippen molar-refractivity contribution >= 4 is 33.2 Å². The molecule has 18 heavy (non-hydrogen) atoms. The summed E-state index contributed by atoms with van der Waals surface area (Å²) in [5.41, 5.74) is 0.974. The molecule has 1 amide bonds. The Morgan fingerprint density at radius 1 is 1.50 bits per heavy atom. The molecule has 0 aliphatic heterocycles. The van der Waals surface area contributed by atoms with Crippen molar-refractivity contribution in [2.75, 3.05) is 5.52 Å². The van der Waals surface area contributed by atoms with E-state index in [1.807, 2.05) is 5.38 Å². The zero-order valence-corrected chi connectivity index (χ0v) is 11.8. The molecule has 0 saturated carbocycles. The predicted molar refractivity (Wildman–Crippen MR) is 74.1 cm³/mol. The SMILES string of the molecule is O=C(NCc1nccs1)c1cccc(OCBr)c1. The molecule has 0 saturated heterocycles. The van der Waals surface area contributed by atoms with Gasteiger partial charge in [-0.2, -0.15) is 0 Å². The zero-order valence-electron chi connectivity index (χ0n) is 9.43. The van der Waals surface area contributed by atoms with Gasteiger partial charge in [0, 0.05) is 17.1 Å². The van der Waals surface area contributed by atoms with E-state index in [0.717, 1.165) is 5.01 Å². The third-order valence-electron chi connectivity index (χ3n) is 2.20. The molecule has 0 radical (unpaired) electrons. The smallest absolute Gasteiger partial charge is 0.251 e. The summed E-state index contributed by atoms with van der Waals surface area (Å²) in [6, 6.07) is 7.05. The number of carbonyl (C=O) groups is 1. The second-order valence-corrected chi connectivity index (χ2v) is 4.83. The van der Waals surface area contributed by atoms with E-state index < -0.39 is 0 Å². The van der Waals surface area contributed by atoms with Gasteiger partial charge in [0.25, 0.3) is 5.91 Å². The van der Waals surface area contributed by atoms with Gasteiger partial charge in [-0.05, 0) is 34.1 Å². The van der Waals surface area contributed by atoms with Crippen LogP contribution < -0.4 is 10.1 Å². The number of nitrogens with zero attached hydrogens (tertiary/aromatic N) is 1. The number of hydrogen-bond acceptors (Lipinski definition) is 4. The van der Waals surface area contributed by atoms with Gasteiger partial charge in [0.15, 0.2) is 0 Å². The van der Waals surface area contributed by atoms with Crippen LogP contribution in [0.25, 0.3) is 0 Å². The number of halogens is 1. The van der Waals surface area contributed by atoms with Crippen LogP contribution in [-0.4, -0.2) is 16.4 Å². The maximum Gasteiger partial charge on any atom is 0.251 e. The highest BCUT2D eigenvalue weighted by Crippen LogP contribution is 2.14. The molecule has 0 aliphatic carbocycles. The van der Waals surface area contributed by atoms with E-state index in [2.05, 4.69) is 26.2 Å². The van der Waals surface area contributed by atoms with Crippen LogP contribution in [0.15, 0.2) is 35.8 Å². The van der Waals surface area contributed by atoms with Gasteiger partial charge in [-0.3, -0.25) is 4.79 Å². The van der Waals surface area contributed by atoms with Crippen molar-refractivity contribution in [3.8, 4) is 5.75 Å². The third kappa shape index (κ3) is 3.54. The van der Waals surface area contributed by atoms with Gasteiger partial charge >= 0.3 is 0 Å². The lowest BCUT2D eigenvalue weighted by Gasteiger charge is -2.06. The molecule has 0 unspecified atom stereocenters. The summed E-state index contributed by atoms with van der Waals surface area (Å²) in [7, 11) is 0. The molecule has 0 atom stereocenters. The van der Waals surface area contributed by atoms with Crippen LogP contribution in [0.5, 0.6) is 5.75 Å². The number of nitrogens with one attached hydrogen (secondary N) is 1. The van der Waals surface area contributed by atoms with Crippen LogP contribution in [0.4, 0.5) is 0 Å². The Labute approximate surface area is 117 Å². The first-order valence-corrected chi connectivity index (χ1v) is 7.25. The van der Waals surface area contributed by atoms with Gasteiger partial charge in [0.1, 0.15) is 16.3 Å². The molecule has 6 heteroatoms. The van der Waals surface area contributed by atoms with Crippen molar-refractivity contribution in [1.82, 2.24) is 10.3 Å². The van der Waals surface area contributed by atoms with Crippen LogP contribution in [-0.2, 0) is 6.54 Å². The Balaban J connectivity index is 1.97. The highest BCUT2D eigenvalue weighted by Gasteiger charge is 2.07. The van der Waals surface area contributed by atoms with E-state index in [0.29, 0.717) is 23.4 Å². The number of amides is 1. The number of alkyl halides is 1. The fraction of sp³-hybridized carbons (Fsp3) is 0.167. The van der Waals surface area contributed by atoms with Crippen molar-refractivity contribution in [3.05, 3.63) is 46.4 Å². The van der Waals surface area contributed by atoms with Gasteiger partial charge < -0.3 is 10.1 Å². The summed E-state index contributed by atoms with van der Waals surface area (Å²) in [6.07, 6.45) is 1.72. The quantitative estimate of drug-likeness (QED) is 0.859. The number of aromatic nitrogens is 1. The number of carbonyl (C=O) groups excluding carboxylic acids is 1. The molecule has 0 fully saturated rings. The standard InChI is InChI=1S/C12H11BrN2O2S/c13-8-17-10-3-1-2-9(6-10)12(16)15-7-11-14-4-5-18-11/h1-6H,7-8H2,(H,15,16). The molecule has 2 aromatic rings. The Kier molecular flexibility index (Phi) is 4.72. The molecule has 94 valence electrons. The second kappa shape index (κ2) is 6.51. The Morgan fingerprint density at radius 3 is 3.11 bits per heavy atom. The van der Waals surface area contributed by atoms with Crippen molar-refractivity contribution in [2.45, 2.75) is 6.54 Å². The summed E-state index contributed by atoms with van der Waals surface area (Å²) in [5.74, 6) is 0.527. The van der Waals surface area contributed by atoms with Crippen molar-refractivity contribution < 1.29 is 9.53 Å². The lowest BCUT2D eigenvalue weighted by atomic mass is 10.2.